The van der Waals surface area contributed by atoms with Crippen molar-refractivity contribution in [2.45, 2.75) is 0 Å². The van der Waals surface area contributed by atoms with Crippen LogP contribution in [0.25, 0.3) is 22.1 Å². The van der Waals surface area contributed by atoms with Gasteiger partial charge in [0.1, 0.15) is 22.7 Å². The zero-order valence-electron chi connectivity index (χ0n) is 15.1. The van der Waals surface area contributed by atoms with Crippen molar-refractivity contribution < 1.29 is 0 Å². The van der Waals surface area contributed by atoms with Crippen molar-refractivity contribution in [1.82, 2.24) is 29.1 Å². The minimum Gasteiger partial charge on any atom is -0.373 e. The molecule has 0 unspecified atom stereocenters. The highest BCUT2D eigenvalue weighted by Gasteiger charge is 2.03. The summed E-state index contributed by atoms with van der Waals surface area (Å²) in [4.78, 5) is 18.8. The lowest BCUT2D eigenvalue weighted by molar-refractivity contribution is 0.946. The van der Waals surface area contributed by atoms with Crippen molar-refractivity contribution in [3.63, 3.8) is 0 Å². The predicted molar refractivity (Wildman–Crippen MR) is 101 cm³/mol. The van der Waals surface area contributed by atoms with Crippen LogP contribution in [0.15, 0.2) is 37.2 Å². The van der Waals surface area contributed by atoms with Gasteiger partial charge in [-0.3, -0.25) is 0 Å². The summed E-state index contributed by atoms with van der Waals surface area (Å²) in [7, 11) is 9.75. The molecule has 0 aromatic carbocycles. The molecule has 4 aromatic rings. The van der Waals surface area contributed by atoms with E-state index in [0.29, 0.717) is 0 Å². The first-order valence-electron chi connectivity index (χ1n) is 7.89. The molecule has 25 heavy (non-hydrogen) atoms. The average molecular weight is 338 g/mol. The van der Waals surface area contributed by atoms with Gasteiger partial charge in [0.2, 0.25) is 0 Å². The van der Waals surface area contributed by atoms with Crippen molar-refractivity contribution in [3.05, 3.63) is 37.2 Å². The number of nitrogens with zero attached hydrogens (tertiary/aromatic N) is 7. The number of hydrogen-bond donors (Lipinski definition) is 1. The zero-order valence-corrected chi connectivity index (χ0v) is 15.1. The zero-order chi connectivity index (χ0) is 18.0. The van der Waals surface area contributed by atoms with Crippen LogP contribution in [0.1, 0.15) is 0 Å². The molecule has 0 fully saturated rings. The summed E-state index contributed by atoms with van der Waals surface area (Å²) < 4.78 is 3.96. The Hall–Kier alpha value is -3.16. The normalized spacial score (nSPS) is 10.6. The molecule has 0 aliphatic carbocycles. The van der Waals surface area contributed by atoms with Gasteiger partial charge in [-0.25, -0.2) is 19.9 Å². The van der Waals surface area contributed by atoms with E-state index in [9.17, 15) is 0 Å². The van der Waals surface area contributed by atoms with Gasteiger partial charge in [0.25, 0.3) is 0 Å². The van der Waals surface area contributed by atoms with Gasteiger partial charge in [-0.2, -0.15) is 0 Å². The average Bonchev–Trinajstić information content (AvgIpc) is 3.18. The Balaban J connectivity index is 0.000000146. The summed E-state index contributed by atoms with van der Waals surface area (Å²) in [5, 5.41) is 2.98. The van der Waals surface area contributed by atoms with Crippen molar-refractivity contribution in [1.29, 1.82) is 0 Å². The van der Waals surface area contributed by atoms with Gasteiger partial charge in [0.05, 0.1) is 36.1 Å². The van der Waals surface area contributed by atoms with Crippen LogP contribution in [0.5, 0.6) is 0 Å². The van der Waals surface area contributed by atoms with Crippen molar-refractivity contribution in [2.24, 2.45) is 14.1 Å². The highest BCUT2D eigenvalue weighted by Crippen LogP contribution is 2.16. The number of imidazole rings is 2. The summed E-state index contributed by atoms with van der Waals surface area (Å²) in [6.45, 7) is 0. The fraction of sp³-hybridized carbons (Fsp3) is 0.294. The number of anilines is 2. The van der Waals surface area contributed by atoms with Crippen LogP contribution in [0.2, 0.25) is 0 Å². The van der Waals surface area contributed by atoms with E-state index in [1.165, 1.54) is 0 Å². The van der Waals surface area contributed by atoms with E-state index in [-0.39, 0.29) is 0 Å². The van der Waals surface area contributed by atoms with Gasteiger partial charge in [-0.15, -0.1) is 0 Å². The summed E-state index contributed by atoms with van der Waals surface area (Å²) in [5.74, 6) is 1.82. The molecule has 4 rings (SSSR count). The van der Waals surface area contributed by atoms with Crippen LogP contribution in [-0.2, 0) is 14.1 Å². The molecule has 8 heteroatoms. The Morgan fingerprint density at radius 3 is 1.96 bits per heavy atom. The number of fused-ring (bicyclic) bond motifs is 2. The highest BCUT2D eigenvalue weighted by molar-refractivity contribution is 5.77. The largest absolute Gasteiger partial charge is 0.373 e. The number of nitrogens with one attached hydrogen (secondary N) is 1. The van der Waals surface area contributed by atoms with Crippen LogP contribution in [0.4, 0.5) is 11.6 Å². The maximum atomic E-state index is 4.27. The predicted octanol–water partition coefficient (Wildman–Crippen LogP) is 2.04. The van der Waals surface area contributed by atoms with Crippen molar-refractivity contribution in [2.75, 3.05) is 31.4 Å². The number of rotatable bonds is 2. The summed E-state index contributed by atoms with van der Waals surface area (Å²) in [6, 6.07) is 4.00. The van der Waals surface area contributed by atoms with E-state index in [1.807, 2.05) is 61.4 Å². The molecule has 130 valence electrons. The molecule has 0 atom stereocenters. The summed E-state index contributed by atoms with van der Waals surface area (Å²) >= 11 is 0. The third-order valence-electron chi connectivity index (χ3n) is 3.92. The number of aryl methyl sites for hydroxylation is 2. The van der Waals surface area contributed by atoms with Gasteiger partial charge < -0.3 is 19.4 Å². The molecule has 1 N–H and O–H groups in total. The first-order valence-corrected chi connectivity index (χ1v) is 7.89. The van der Waals surface area contributed by atoms with E-state index in [2.05, 4.69) is 25.3 Å². The maximum absolute atomic E-state index is 4.27. The second-order valence-electron chi connectivity index (χ2n) is 5.94. The topological polar surface area (TPSA) is 76.7 Å². The molecular weight excluding hydrogens is 316 g/mol. The number of pyridine rings is 2. The fourth-order valence-electron chi connectivity index (χ4n) is 2.43. The molecule has 4 aromatic heterocycles. The third-order valence-corrected chi connectivity index (χ3v) is 3.92. The minimum atomic E-state index is 0.867. The van der Waals surface area contributed by atoms with Gasteiger partial charge in [-0.05, 0) is 0 Å². The molecule has 0 bridgehead atoms. The Labute approximate surface area is 146 Å². The lowest BCUT2D eigenvalue weighted by Crippen LogP contribution is -2.10. The van der Waals surface area contributed by atoms with Gasteiger partial charge in [0, 0.05) is 47.4 Å². The molecule has 0 amide bonds. The van der Waals surface area contributed by atoms with E-state index in [4.69, 9.17) is 0 Å². The van der Waals surface area contributed by atoms with Crippen molar-refractivity contribution >= 4 is 33.7 Å². The lowest BCUT2D eigenvalue weighted by Gasteiger charge is -2.10. The fourth-order valence-corrected chi connectivity index (χ4v) is 2.43. The van der Waals surface area contributed by atoms with Gasteiger partial charge in [0.15, 0.2) is 0 Å². The Kier molecular flexibility index (Phi) is 4.51. The Bertz CT molecular complexity index is 998. The Morgan fingerprint density at radius 1 is 0.840 bits per heavy atom. The van der Waals surface area contributed by atoms with Gasteiger partial charge >= 0.3 is 0 Å². The minimum absolute atomic E-state index is 0.867. The van der Waals surface area contributed by atoms with Crippen molar-refractivity contribution in [3.8, 4) is 0 Å². The lowest BCUT2D eigenvalue weighted by atomic mass is 10.4. The van der Waals surface area contributed by atoms with Crippen LogP contribution in [-0.4, -0.2) is 50.2 Å². The van der Waals surface area contributed by atoms with E-state index in [1.54, 1.807) is 25.0 Å². The molecular formula is C17H22N8. The number of hydrogen-bond acceptors (Lipinski definition) is 6. The third kappa shape index (κ3) is 3.37. The molecule has 0 spiro atoms. The van der Waals surface area contributed by atoms with Crippen LogP contribution >= 0.6 is 0 Å². The smallest absolute Gasteiger partial charge is 0.130 e. The first kappa shape index (κ1) is 16.7. The monoisotopic (exact) mass is 338 g/mol. The molecule has 0 aliphatic rings. The molecule has 0 radical (unpaired) electrons. The van der Waals surface area contributed by atoms with E-state index < -0.39 is 0 Å². The Morgan fingerprint density at radius 2 is 1.40 bits per heavy atom. The molecule has 0 saturated heterocycles. The standard InChI is InChI=1S/C9H12N4.C8H10N4/c1-12(2)9-4-8-7(5-10-9)11-6-13(8)3;1-9-8-3-7-6(4-10-8)11-5-12(7)2/h4-6H,1-3H3;3-5H,1-2H3,(H,9,10). The quantitative estimate of drug-likeness (QED) is 0.603. The van der Waals surface area contributed by atoms with Crippen LogP contribution in [0, 0.1) is 0 Å². The van der Waals surface area contributed by atoms with E-state index in [0.717, 1.165) is 33.7 Å². The van der Waals surface area contributed by atoms with Crippen LogP contribution < -0.4 is 10.2 Å². The molecule has 8 nitrogen and oxygen atoms in total. The molecule has 4 heterocycles. The molecule has 0 saturated carbocycles. The second kappa shape index (κ2) is 6.76. The van der Waals surface area contributed by atoms with Crippen LogP contribution in [0.3, 0.4) is 0 Å². The van der Waals surface area contributed by atoms with E-state index >= 15 is 0 Å². The number of aromatic nitrogens is 6. The molecule has 0 aliphatic heterocycles. The van der Waals surface area contributed by atoms with Gasteiger partial charge in [-0.1, -0.05) is 0 Å². The maximum Gasteiger partial charge on any atom is 0.130 e. The first-order chi connectivity index (χ1) is 12.0. The second-order valence-corrected chi connectivity index (χ2v) is 5.94. The summed E-state index contributed by atoms with van der Waals surface area (Å²) in [5.41, 5.74) is 4.07. The summed E-state index contributed by atoms with van der Waals surface area (Å²) in [6.07, 6.45) is 7.14. The highest BCUT2D eigenvalue weighted by atomic mass is 15.1. The SMILES string of the molecule is CN(C)c1cc2c(cn1)ncn2C.CNc1cc2c(cn1)ncn2C.